The Hall–Kier alpha value is -2.24. The second-order valence-electron chi connectivity index (χ2n) is 6.31. The number of para-hydroxylation sites is 1. The lowest BCUT2D eigenvalue weighted by atomic mass is 10.1. The molecule has 5 heteroatoms. The van der Waals surface area contributed by atoms with Crippen molar-refractivity contribution < 1.29 is 13.9 Å². The van der Waals surface area contributed by atoms with Crippen molar-refractivity contribution in [2.75, 3.05) is 12.0 Å². The number of methoxy groups -OCH3 is 1. The molecule has 4 rings (SSSR count). The van der Waals surface area contributed by atoms with E-state index in [2.05, 4.69) is 6.07 Å². The first kappa shape index (κ1) is 16.2. The lowest BCUT2D eigenvalue weighted by Gasteiger charge is -2.22. The summed E-state index contributed by atoms with van der Waals surface area (Å²) in [5.74, 6) is -0.389. The maximum atomic E-state index is 14.4. The summed E-state index contributed by atoms with van der Waals surface area (Å²) in [6.07, 6.45) is 0.834. The van der Waals surface area contributed by atoms with E-state index in [0.717, 1.165) is 16.8 Å². The Morgan fingerprint density at radius 3 is 2.88 bits per heavy atom. The molecule has 1 aromatic heterocycles. The van der Waals surface area contributed by atoms with Gasteiger partial charge in [-0.3, -0.25) is 4.79 Å². The van der Waals surface area contributed by atoms with E-state index in [9.17, 15) is 9.18 Å². The minimum absolute atomic E-state index is 0.0786. The maximum Gasteiger partial charge on any atom is 0.269 e. The summed E-state index contributed by atoms with van der Waals surface area (Å²) in [4.78, 5) is 15.7. The Kier molecular flexibility index (Phi) is 4.06. The van der Waals surface area contributed by atoms with Crippen LogP contribution < -0.4 is 4.90 Å². The average Bonchev–Trinajstić information content (AvgIpc) is 3.13. The fraction of sp³-hybridized carbons (Fsp3) is 0.250. The van der Waals surface area contributed by atoms with Gasteiger partial charge < -0.3 is 9.64 Å². The molecule has 3 aromatic rings. The number of carbonyl (C=O) groups is 1. The molecule has 0 unspecified atom stereocenters. The number of benzene rings is 2. The van der Waals surface area contributed by atoms with Crippen LogP contribution in [0.1, 0.15) is 27.7 Å². The first-order valence-corrected chi connectivity index (χ1v) is 9.03. The van der Waals surface area contributed by atoms with Crippen molar-refractivity contribution >= 4 is 33.0 Å². The van der Waals surface area contributed by atoms with Gasteiger partial charge in [-0.15, -0.1) is 11.3 Å². The highest BCUT2D eigenvalue weighted by Gasteiger charge is 2.33. The van der Waals surface area contributed by atoms with E-state index in [-0.39, 0.29) is 24.4 Å². The Labute approximate surface area is 149 Å². The molecule has 0 spiro atoms. The van der Waals surface area contributed by atoms with E-state index in [1.165, 1.54) is 23.0 Å². The SMILES string of the molecule is COCc1c(C(=O)N2c3ccccc3C[C@H]2C)sc2cccc(F)c12. The minimum Gasteiger partial charge on any atom is -0.380 e. The zero-order valence-electron chi connectivity index (χ0n) is 14.1. The number of fused-ring (bicyclic) bond motifs is 2. The van der Waals surface area contributed by atoms with Gasteiger partial charge in [-0.25, -0.2) is 4.39 Å². The average molecular weight is 355 g/mol. The van der Waals surface area contributed by atoms with Crippen molar-refractivity contribution in [3.8, 4) is 0 Å². The Bertz CT molecular complexity index is 965. The molecular formula is C20H18FNO2S. The summed E-state index contributed by atoms with van der Waals surface area (Å²) in [5, 5.41) is 0.498. The van der Waals surface area contributed by atoms with Gasteiger partial charge in [0.2, 0.25) is 0 Å². The van der Waals surface area contributed by atoms with Gasteiger partial charge >= 0.3 is 0 Å². The van der Waals surface area contributed by atoms with Gasteiger partial charge in [0.05, 0.1) is 11.5 Å². The molecule has 1 aliphatic rings. The number of anilines is 1. The predicted molar refractivity (Wildman–Crippen MR) is 98.9 cm³/mol. The van der Waals surface area contributed by atoms with Gasteiger partial charge in [0, 0.05) is 34.5 Å². The molecule has 2 heterocycles. The van der Waals surface area contributed by atoms with E-state index in [1.54, 1.807) is 13.2 Å². The molecule has 1 amide bonds. The normalized spacial score (nSPS) is 16.4. The zero-order valence-corrected chi connectivity index (χ0v) is 14.9. The molecule has 25 heavy (non-hydrogen) atoms. The van der Waals surface area contributed by atoms with Gasteiger partial charge in [0.25, 0.3) is 5.91 Å². The Morgan fingerprint density at radius 2 is 2.08 bits per heavy atom. The second-order valence-corrected chi connectivity index (χ2v) is 7.36. The van der Waals surface area contributed by atoms with Crippen molar-refractivity contribution in [1.82, 2.24) is 0 Å². The van der Waals surface area contributed by atoms with Gasteiger partial charge in [-0.05, 0) is 37.1 Å². The van der Waals surface area contributed by atoms with Gasteiger partial charge in [0.15, 0.2) is 0 Å². The van der Waals surface area contributed by atoms with Crippen LogP contribution in [0.5, 0.6) is 0 Å². The number of hydrogen-bond donors (Lipinski definition) is 0. The van der Waals surface area contributed by atoms with Crippen LogP contribution in [0.4, 0.5) is 10.1 Å². The number of rotatable bonds is 3. The van der Waals surface area contributed by atoms with Crippen LogP contribution in [0, 0.1) is 5.82 Å². The smallest absolute Gasteiger partial charge is 0.269 e. The molecule has 0 radical (unpaired) electrons. The number of hydrogen-bond acceptors (Lipinski definition) is 3. The summed E-state index contributed by atoms with van der Waals surface area (Å²) in [6.45, 7) is 2.26. The van der Waals surface area contributed by atoms with Gasteiger partial charge in [0.1, 0.15) is 5.82 Å². The highest BCUT2D eigenvalue weighted by atomic mass is 32.1. The number of amides is 1. The summed E-state index contributed by atoms with van der Waals surface area (Å²) >= 11 is 1.34. The van der Waals surface area contributed by atoms with Crippen LogP contribution in [-0.2, 0) is 17.8 Å². The van der Waals surface area contributed by atoms with E-state index in [0.29, 0.717) is 15.8 Å². The molecule has 0 bridgehead atoms. The number of thiophene rings is 1. The maximum absolute atomic E-state index is 14.4. The molecule has 0 aliphatic carbocycles. The van der Waals surface area contributed by atoms with Crippen LogP contribution in [0.2, 0.25) is 0 Å². The topological polar surface area (TPSA) is 29.5 Å². The molecule has 2 aromatic carbocycles. The number of nitrogens with zero attached hydrogens (tertiary/aromatic N) is 1. The first-order chi connectivity index (χ1) is 12.1. The fourth-order valence-corrected chi connectivity index (χ4v) is 4.77. The Morgan fingerprint density at radius 1 is 1.28 bits per heavy atom. The lowest BCUT2D eigenvalue weighted by molar-refractivity contribution is 0.0981. The third-order valence-corrected chi connectivity index (χ3v) is 5.86. The van der Waals surface area contributed by atoms with Crippen molar-refractivity contribution in [3.63, 3.8) is 0 Å². The number of carbonyl (C=O) groups excluding carboxylic acids is 1. The highest BCUT2D eigenvalue weighted by molar-refractivity contribution is 7.21. The lowest BCUT2D eigenvalue weighted by Crippen LogP contribution is -2.35. The van der Waals surface area contributed by atoms with Crippen molar-refractivity contribution in [3.05, 3.63) is 64.3 Å². The second kappa shape index (κ2) is 6.24. The third kappa shape index (κ3) is 2.55. The monoisotopic (exact) mass is 355 g/mol. The molecule has 1 aliphatic heterocycles. The molecule has 0 N–H and O–H groups in total. The largest absolute Gasteiger partial charge is 0.380 e. The van der Waals surface area contributed by atoms with Crippen molar-refractivity contribution in [1.29, 1.82) is 0 Å². The molecular weight excluding hydrogens is 337 g/mol. The number of halogens is 1. The molecule has 0 saturated carbocycles. The van der Waals surface area contributed by atoms with E-state index in [1.807, 2.05) is 36.1 Å². The van der Waals surface area contributed by atoms with Gasteiger partial charge in [-0.1, -0.05) is 24.3 Å². The quantitative estimate of drug-likeness (QED) is 0.677. The predicted octanol–water partition coefficient (Wildman–Crippen LogP) is 4.78. The van der Waals surface area contributed by atoms with Crippen molar-refractivity contribution in [2.45, 2.75) is 26.0 Å². The van der Waals surface area contributed by atoms with Gasteiger partial charge in [-0.2, -0.15) is 0 Å². The van der Waals surface area contributed by atoms with Crippen LogP contribution >= 0.6 is 11.3 Å². The summed E-state index contributed by atoms with van der Waals surface area (Å²) in [7, 11) is 1.56. The molecule has 0 fully saturated rings. The van der Waals surface area contributed by atoms with E-state index < -0.39 is 0 Å². The molecule has 128 valence electrons. The first-order valence-electron chi connectivity index (χ1n) is 8.22. The zero-order chi connectivity index (χ0) is 17.6. The van der Waals surface area contributed by atoms with E-state index >= 15 is 0 Å². The van der Waals surface area contributed by atoms with E-state index in [4.69, 9.17) is 4.74 Å². The molecule has 0 saturated heterocycles. The summed E-state index contributed by atoms with van der Waals surface area (Å²) < 4.78 is 20.4. The van der Waals surface area contributed by atoms with Crippen LogP contribution in [-0.4, -0.2) is 19.1 Å². The summed E-state index contributed by atoms with van der Waals surface area (Å²) in [6, 6.07) is 13.0. The van der Waals surface area contributed by atoms with Crippen LogP contribution in [0.25, 0.3) is 10.1 Å². The minimum atomic E-state index is -0.310. The van der Waals surface area contributed by atoms with Crippen LogP contribution in [0.15, 0.2) is 42.5 Å². The van der Waals surface area contributed by atoms with Crippen LogP contribution in [0.3, 0.4) is 0 Å². The molecule has 1 atom stereocenters. The molecule has 3 nitrogen and oxygen atoms in total. The third-order valence-electron chi connectivity index (χ3n) is 4.67. The Balaban J connectivity index is 1.86. The van der Waals surface area contributed by atoms with Crippen molar-refractivity contribution in [2.24, 2.45) is 0 Å². The number of ether oxygens (including phenoxy) is 1. The standard InChI is InChI=1S/C20H18FNO2S/c1-12-10-13-6-3-4-8-16(13)22(12)20(23)19-14(11-24-2)18-15(21)7-5-9-17(18)25-19/h3-9,12H,10-11H2,1-2H3/t12-/m1/s1. The highest BCUT2D eigenvalue weighted by Crippen LogP contribution is 2.38. The fourth-order valence-electron chi connectivity index (χ4n) is 3.61. The summed E-state index contributed by atoms with van der Waals surface area (Å²) in [5.41, 5.74) is 2.76.